The fourth-order valence-corrected chi connectivity index (χ4v) is 3.49. The van der Waals surface area contributed by atoms with E-state index in [1.165, 1.54) is 0 Å². The second-order valence-electron chi connectivity index (χ2n) is 6.15. The minimum atomic E-state index is -1.03. The normalized spacial score (nSPS) is 11.9. The van der Waals surface area contributed by atoms with Crippen LogP contribution in [0.4, 0.5) is 0 Å². The highest BCUT2D eigenvalue weighted by Gasteiger charge is 2.20. The smallest absolute Gasteiger partial charge is 0.326 e. The molecule has 2 N–H and O–H groups in total. The van der Waals surface area contributed by atoms with Crippen molar-refractivity contribution < 1.29 is 14.7 Å². The highest BCUT2D eigenvalue weighted by molar-refractivity contribution is 14.1. The van der Waals surface area contributed by atoms with Gasteiger partial charge in [0.1, 0.15) is 6.04 Å². The predicted octanol–water partition coefficient (Wildman–Crippen LogP) is 3.80. The molecule has 4 nitrogen and oxygen atoms in total. The van der Waals surface area contributed by atoms with Crippen LogP contribution in [0.3, 0.4) is 0 Å². The van der Waals surface area contributed by atoms with Crippen molar-refractivity contribution in [3.8, 4) is 0 Å². The minimum Gasteiger partial charge on any atom is -0.480 e. The van der Waals surface area contributed by atoms with Gasteiger partial charge in [0, 0.05) is 9.99 Å². The first-order chi connectivity index (χ1) is 12.5. The van der Waals surface area contributed by atoms with E-state index in [2.05, 4.69) is 27.9 Å². The van der Waals surface area contributed by atoms with Gasteiger partial charge >= 0.3 is 5.97 Å². The van der Waals surface area contributed by atoms with Crippen LogP contribution in [0, 0.1) is 3.57 Å². The Morgan fingerprint density at radius 3 is 2.42 bits per heavy atom. The highest BCUT2D eigenvalue weighted by atomic mass is 127. The predicted molar refractivity (Wildman–Crippen MR) is 110 cm³/mol. The second kappa shape index (κ2) is 8.31. The summed E-state index contributed by atoms with van der Waals surface area (Å²) in [5.74, 6) is -1.32. The van der Waals surface area contributed by atoms with Crippen molar-refractivity contribution in [3.63, 3.8) is 0 Å². The number of carboxylic acids is 1. The SMILES string of the molecule is O=C(Cc1ccc2ccccc2c1)N[C@H](Cc1cccc(I)c1)C(=O)O. The molecule has 0 heterocycles. The minimum absolute atomic E-state index is 0.154. The van der Waals surface area contributed by atoms with Gasteiger partial charge in [0.15, 0.2) is 0 Å². The molecule has 26 heavy (non-hydrogen) atoms. The molecule has 5 heteroatoms. The number of carbonyl (C=O) groups excluding carboxylic acids is 1. The van der Waals surface area contributed by atoms with E-state index in [0.29, 0.717) is 0 Å². The lowest BCUT2D eigenvalue weighted by atomic mass is 10.0. The molecule has 0 unspecified atom stereocenters. The Morgan fingerprint density at radius 2 is 1.69 bits per heavy atom. The molecule has 3 rings (SSSR count). The molecule has 0 aromatic heterocycles. The largest absolute Gasteiger partial charge is 0.480 e. The number of amides is 1. The average Bonchev–Trinajstić information content (AvgIpc) is 2.61. The van der Waals surface area contributed by atoms with Gasteiger partial charge in [-0.05, 0) is 56.6 Å². The van der Waals surface area contributed by atoms with Crippen molar-refractivity contribution in [1.82, 2.24) is 5.32 Å². The van der Waals surface area contributed by atoms with E-state index in [-0.39, 0.29) is 18.7 Å². The number of halogens is 1. The summed E-state index contributed by atoms with van der Waals surface area (Å²) in [4.78, 5) is 23.9. The monoisotopic (exact) mass is 459 g/mol. The van der Waals surface area contributed by atoms with Gasteiger partial charge in [0.05, 0.1) is 6.42 Å². The molecule has 0 aliphatic heterocycles. The maximum Gasteiger partial charge on any atom is 0.326 e. The van der Waals surface area contributed by atoms with Gasteiger partial charge in [-0.2, -0.15) is 0 Å². The number of benzene rings is 3. The van der Waals surface area contributed by atoms with Crippen LogP contribution in [-0.4, -0.2) is 23.0 Å². The van der Waals surface area contributed by atoms with Crippen molar-refractivity contribution in [2.24, 2.45) is 0 Å². The molecule has 0 fully saturated rings. The molecule has 1 amide bonds. The Hall–Kier alpha value is -2.41. The van der Waals surface area contributed by atoms with Gasteiger partial charge in [-0.15, -0.1) is 0 Å². The molecule has 0 saturated heterocycles. The van der Waals surface area contributed by atoms with E-state index < -0.39 is 12.0 Å². The van der Waals surface area contributed by atoms with Crippen molar-refractivity contribution in [3.05, 3.63) is 81.4 Å². The fourth-order valence-electron chi connectivity index (χ4n) is 2.88. The second-order valence-corrected chi connectivity index (χ2v) is 7.40. The number of rotatable bonds is 6. The standard InChI is InChI=1S/C21H18INO3/c22-18-7-3-4-14(11-18)12-19(21(25)26)23-20(24)13-15-8-9-16-5-1-2-6-17(16)10-15/h1-11,19H,12-13H2,(H,23,24)(H,25,26)/t19-/m1/s1. The van der Waals surface area contributed by atoms with E-state index in [1.807, 2.05) is 66.7 Å². The average molecular weight is 459 g/mol. The van der Waals surface area contributed by atoms with Gasteiger partial charge in [-0.25, -0.2) is 4.79 Å². The molecule has 3 aromatic rings. The van der Waals surface area contributed by atoms with Crippen LogP contribution < -0.4 is 5.32 Å². The summed E-state index contributed by atoms with van der Waals surface area (Å²) >= 11 is 2.18. The van der Waals surface area contributed by atoms with E-state index in [9.17, 15) is 14.7 Å². The summed E-state index contributed by atoms with van der Waals surface area (Å²) in [5.41, 5.74) is 1.75. The number of nitrogens with one attached hydrogen (secondary N) is 1. The summed E-state index contributed by atoms with van der Waals surface area (Å²) in [6.07, 6.45) is 0.413. The number of carbonyl (C=O) groups is 2. The number of hydrogen-bond acceptors (Lipinski definition) is 2. The highest BCUT2D eigenvalue weighted by Crippen LogP contribution is 2.16. The van der Waals surface area contributed by atoms with Crippen LogP contribution in [0.5, 0.6) is 0 Å². The third-order valence-corrected chi connectivity index (χ3v) is 4.81. The zero-order valence-corrected chi connectivity index (χ0v) is 16.1. The summed E-state index contributed by atoms with van der Waals surface area (Å²) in [6, 6.07) is 20.4. The molecule has 3 aromatic carbocycles. The first kappa shape index (κ1) is 18.4. The zero-order valence-electron chi connectivity index (χ0n) is 14.0. The first-order valence-electron chi connectivity index (χ1n) is 8.25. The summed E-state index contributed by atoms with van der Waals surface area (Å²) in [7, 11) is 0. The Balaban J connectivity index is 1.68. The van der Waals surface area contributed by atoms with Crippen molar-refractivity contribution in [1.29, 1.82) is 0 Å². The number of fused-ring (bicyclic) bond motifs is 1. The van der Waals surface area contributed by atoms with Gasteiger partial charge in [0.25, 0.3) is 0 Å². The van der Waals surface area contributed by atoms with Gasteiger partial charge in [-0.3, -0.25) is 4.79 Å². The Bertz CT molecular complexity index is 955. The lowest BCUT2D eigenvalue weighted by Crippen LogP contribution is -2.43. The molecule has 132 valence electrons. The number of hydrogen-bond donors (Lipinski definition) is 2. The summed E-state index contributed by atoms with van der Waals surface area (Å²) in [5, 5.41) is 14.3. The van der Waals surface area contributed by atoms with Crippen LogP contribution >= 0.6 is 22.6 Å². The lowest BCUT2D eigenvalue weighted by molar-refractivity contribution is -0.141. The van der Waals surface area contributed by atoms with Gasteiger partial charge < -0.3 is 10.4 Å². The van der Waals surface area contributed by atoms with Crippen LogP contribution in [-0.2, 0) is 22.4 Å². The molecule has 0 aliphatic rings. The molecule has 0 spiro atoms. The molecule has 0 radical (unpaired) electrons. The molecule has 0 saturated carbocycles. The maximum atomic E-state index is 12.3. The third kappa shape index (κ3) is 4.82. The van der Waals surface area contributed by atoms with Gasteiger partial charge in [0.2, 0.25) is 5.91 Å². The topological polar surface area (TPSA) is 66.4 Å². The fraction of sp³-hybridized carbons (Fsp3) is 0.143. The summed E-state index contributed by atoms with van der Waals surface area (Å²) < 4.78 is 1.03. The van der Waals surface area contributed by atoms with E-state index in [1.54, 1.807) is 0 Å². The quantitative estimate of drug-likeness (QED) is 0.552. The van der Waals surface area contributed by atoms with Crippen LogP contribution in [0.15, 0.2) is 66.7 Å². The molecule has 0 bridgehead atoms. The Morgan fingerprint density at radius 1 is 0.923 bits per heavy atom. The maximum absolute atomic E-state index is 12.3. The number of aliphatic carboxylic acids is 1. The van der Waals surface area contributed by atoms with E-state index in [0.717, 1.165) is 25.5 Å². The number of carboxylic acid groups (broad SMARTS) is 1. The van der Waals surface area contributed by atoms with Gasteiger partial charge in [-0.1, -0.05) is 54.6 Å². The molecule has 0 aliphatic carbocycles. The summed E-state index contributed by atoms with van der Waals surface area (Å²) in [6.45, 7) is 0. The molecule has 1 atom stereocenters. The van der Waals surface area contributed by atoms with Crippen LogP contribution in [0.1, 0.15) is 11.1 Å². The zero-order chi connectivity index (χ0) is 18.5. The first-order valence-corrected chi connectivity index (χ1v) is 9.33. The van der Waals surface area contributed by atoms with Crippen molar-refractivity contribution in [2.75, 3.05) is 0 Å². The van der Waals surface area contributed by atoms with Crippen molar-refractivity contribution >= 4 is 45.2 Å². The lowest BCUT2D eigenvalue weighted by Gasteiger charge is -2.15. The Labute approximate surface area is 165 Å². The Kier molecular flexibility index (Phi) is 5.88. The van der Waals surface area contributed by atoms with E-state index >= 15 is 0 Å². The third-order valence-electron chi connectivity index (χ3n) is 4.14. The molecular weight excluding hydrogens is 441 g/mol. The van der Waals surface area contributed by atoms with Crippen LogP contribution in [0.25, 0.3) is 10.8 Å². The van der Waals surface area contributed by atoms with Crippen molar-refractivity contribution in [2.45, 2.75) is 18.9 Å². The van der Waals surface area contributed by atoms with Crippen LogP contribution in [0.2, 0.25) is 0 Å². The van der Waals surface area contributed by atoms with E-state index in [4.69, 9.17) is 0 Å². The molecular formula is C21H18INO3.